The highest BCUT2D eigenvalue weighted by atomic mass is 32.2. The maximum Gasteiger partial charge on any atom is 0.230 e. The van der Waals surface area contributed by atoms with Gasteiger partial charge >= 0.3 is 0 Å². The van der Waals surface area contributed by atoms with Crippen molar-refractivity contribution < 1.29 is 4.79 Å². The van der Waals surface area contributed by atoms with Gasteiger partial charge in [0.15, 0.2) is 0 Å². The number of aromatic nitrogens is 2. The van der Waals surface area contributed by atoms with Gasteiger partial charge in [-0.3, -0.25) is 4.79 Å². The Balaban J connectivity index is 1.50. The van der Waals surface area contributed by atoms with E-state index >= 15 is 0 Å². The number of likely N-dealkylation sites (N-methyl/N-ethyl adjacent to an activating group) is 1. The highest BCUT2D eigenvalue weighted by Gasteiger charge is 2.17. The van der Waals surface area contributed by atoms with Gasteiger partial charge in [0.05, 0.1) is 28.1 Å². The quantitative estimate of drug-likeness (QED) is 0.615. The number of H-pyrrole nitrogens is 1. The molecular formula is C19H24N4OS2. The van der Waals surface area contributed by atoms with E-state index in [9.17, 15) is 4.79 Å². The van der Waals surface area contributed by atoms with Crippen molar-refractivity contribution in [1.29, 1.82) is 0 Å². The van der Waals surface area contributed by atoms with Crippen molar-refractivity contribution in [1.82, 2.24) is 20.2 Å². The van der Waals surface area contributed by atoms with E-state index in [1.807, 2.05) is 44.4 Å². The Labute approximate surface area is 162 Å². The number of aromatic amines is 1. The van der Waals surface area contributed by atoms with Crippen molar-refractivity contribution in [3.8, 4) is 0 Å². The highest BCUT2D eigenvalue weighted by Crippen LogP contribution is 2.27. The van der Waals surface area contributed by atoms with Crippen LogP contribution in [0.15, 0.2) is 41.8 Å². The SMILES string of the molecule is CC(SCC(=O)NCC(c1cccs1)N(C)C)c1nc2ccccc2[nH]1. The van der Waals surface area contributed by atoms with Crippen LogP contribution in [0, 0.1) is 0 Å². The molecule has 0 radical (unpaired) electrons. The predicted octanol–water partition coefficient (Wildman–Crippen LogP) is 3.84. The van der Waals surface area contributed by atoms with Crippen molar-refractivity contribution in [3.05, 3.63) is 52.5 Å². The summed E-state index contributed by atoms with van der Waals surface area (Å²) < 4.78 is 0. The minimum atomic E-state index is 0.0568. The van der Waals surface area contributed by atoms with Gasteiger partial charge in [0, 0.05) is 11.4 Å². The van der Waals surface area contributed by atoms with Crippen LogP contribution in [0.1, 0.15) is 28.9 Å². The second-order valence-electron chi connectivity index (χ2n) is 6.39. The number of imidazole rings is 1. The Kier molecular flexibility index (Phi) is 6.34. The topological polar surface area (TPSA) is 61.0 Å². The van der Waals surface area contributed by atoms with E-state index in [0.29, 0.717) is 12.3 Å². The molecule has 5 nitrogen and oxygen atoms in total. The van der Waals surface area contributed by atoms with Gasteiger partial charge in [0.25, 0.3) is 0 Å². The number of benzene rings is 1. The molecule has 0 fully saturated rings. The standard InChI is InChI=1S/C19H24N4OS2/c1-13(19-21-14-7-4-5-8-15(14)22-19)26-12-18(24)20-11-16(23(2)3)17-9-6-10-25-17/h4-10,13,16H,11-12H2,1-3H3,(H,20,24)(H,21,22). The lowest BCUT2D eigenvalue weighted by molar-refractivity contribution is -0.118. The van der Waals surface area contributed by atoms with Gasteiger partial charge < -0.3 is 15.2 Å². The summed E-state index contributed by atoms with van der Waals surface area (Å²) in [5.74, 6) is 1.39. The van der Waals surface area contributed by atoms with Gasteiger partial charge in [-0.2, -0.15) is 0 Å². The largest absolute Gasteiger partial charge is 0.353 e. The summed E-state index contributed by atoms with van der Waals surface area (Å²) in [4.78, 5) is 23.6. The first-order chi connectivity index (χ1) is 12.5. The summed E-state index contributed by atoms with van der Waals surface area (Å²) in [6.45, 7) is 2.69. The lowest BCUT2D eigenvalue weighted by atomic mass is 10.2. The first-order valence-corrected chi connectivity index (χ1v) is 10.5. The Morgan fingerprint density at radius 1 is 1.31 bits per heavy atom. The van der Waals surface area contributed by atoms with E-state index in [1.54, 1.807) is 23.1 Å². The molecule has 2 unspecified atom stereocenters. The van der Waals surface area contributed by atoms with Crippen LogP contribution in [0.25, 0.3) is 11.0 Å². The Morgan fingerprint density at radius 2 is 2.12 bits per heavy atom. The van der Waals surface area contributed by atoms with E-state index in [4.69, 9.17) is 0 Å². The van der Waals surface area contributed by atoms with E-state index < -0.39 is 0 Å². The van der Waals surface area contributed by atoms with Gasteiger partial charge in [-0.25, -0.2) is 4.98 Å². The first kappa shape index (κ1) is 18.9. The monoisotopic (exact) mass is 388 g/mol. The number of fused-ring (bicyclic) bond motifs is 1. The van der Waals surface area contributed by atoms with Crippen LogP contribution in [0.3, 0.4) is 0 Å². The van der Waals surface area contributed by atoms with Crippen LogP contribution in [-0.2, 0) is 4.79 Å². The zero-order chi connectivity index (χ0) is 18.5. The van der Waals surface area contributed by atoms with Gasteiger partial charge in [-0.05, 0) is 44.6 Å². The van der Waals surface area contributed by atoms with Crippen molar-refractivity contribution in [3.63, 3.8) is 0 Å². The third-order valence-corrected chi connectivity index (χ3v) is 6.37. The normalized spacial score (nSPS) is 13.8. The summed E-state index contributed by atoms with van der Waals surface area (Å²) in [5, 5.41) is 5.26. The van der Waals surface area contributed by atoms with Crippen LogP contribution in [0.5, 0.6) is 0 Å². The summed E-state index contributed by atoms with van der Waals surface area (Å²) in [5.41, 5.74) is 1.99. The first-order valence-electron chi connectivity index (χ1n) is 8.57. The fourth-order valence-corrected chi connectivity index (χ4v) is 4.42. The predicted molar refractivity (Wildman–Crippen MR) is 111 cm³/mol. The Hall–Kier alpha value is -1.83. The second kappa shape index (κ2) is 8.70. The van der Waals surface area contributed by atoms with Crippen LogP contribution in [0.4, 0.5) is 0 Å². The molecule has 1 aromatic carbocycles. The third-order valence-electron chi connectivity index (χ3n) is 4.24. The lowest BCUT2D eigenvalue weighted by Crippen LogP contribution is -2.35. The molecule has 3 aromatic rings. The molecule has 2 atom stereocenters. The number of carbonyl (C=O) groups excluding carboxylic acids is 1. The van der Waals surface area contributed by atoms with Gasteiger partial charge in [-0.15, -0.1) is 23.1 Å². The van der Waals surface area contributed by atoms with Gasteiger partial charge in [0.1, 0.15) is 5.82 Å². The van der Waals surface area contributed by atoms with E-state index in [0.717, 1.165) is 16.9 Å². The van der Waals surface area contributed by atoms with Crippen molar-refractivity contribution in [2.24, 2.45) is 0 Å². The van der Waals surface area contributed by atoms with Crippen LogP contribution in [-0.4, -0.2) is 47.2 Å². The van der Waals surface area contributed by atoms with E-state index in [-0.39, 0.29) is 17.2 Å². The molecule has 2 N–H and O–H groups in total. The number of thioether (sulfide) groups is 1. The summed E-state index contributed by atoms with van der Waals surface area (Å²) in [6, 6.07) is 12.3. The van der Waals surface area contributed by atoms with Crippen molar-refractivity contribution >= 4 is 40.0 Å². The number of hydrogen-bond acceptors (Lipinski definition) is 5. The molecule has 3 rings (SSSR count). The number of amides is 1. The average Bonchev–Trinajstić information content (AvgIpc) is 3.29. The fourth-order valence-electron chi connectivity index (χ4n) is 2.72. The number of rotatable bonds is 8. The van der Waals surface area contributed by atoms with Gasteiger partial charge in [-0.1, -0.05) is 18.2 Å². The molecule has 138 valence electrons. The Morgan fingerprint density at radius 3 is 2.81 bits per heavy atom. The number of carbonyl (C=O) groups is 1. The molecule has 0 saturated carbocycles. The third kappa shape index (κ3) is 4.66. The minimum absolute atomic E-state index is 0.0568. The Bertz CT molecular complexity index is 811. The molecule has 26 heavy (non-hydrogen) atoms. The zero-order valence-corrected chi connectivity index (χ0v) is 16.9. The smallest absolute Gasteiger partial charge is 0.230 e. The molecule has 0 aliphatic carbocycles. The molecule has 7 heteroatoms. The minimum Gasteiger partial charge on any atom is -0.353 e. The molecule has 0 spiro atoms. The maximum atomic E-state index is 12.3. The molecule has 0 saturated heterocycles. The molecule has 2 heterocycles. The second-order valence-corrected chi connectivity index (χ2v) is 8.70. The molecule has 2 aromatic heterocycles. The van der Waals surface area contributed by atoms with Crippen molar-refractivity contribution in [2.75, 3.05) is 26.4 Å². The molecule has 0 aliphatic heterocycles. The molecule has 0 aliphatic rings. The number of para-hydroxylation sites is 2. The fraction of sp³-hybridized carbons (Fsp3) is 0.368. The highest BCUT2D eigenvalue weighted by molar-refractivity contribution is 8.00. The summed E-state index contributed by atoms with van der Waals surface area (Å²) >= 11 is 3.31. The lowest BCUT2D eigenvalue weighted by Gasteiger charge is -2.23. The summed E-state index contributed by atoms with van der Waals surface area (Å²) in [7, 11) is 4.07. The molecular weight excluding hydrogens is 364 g/mol. The van der Waals surface area contributed by atoms with Gasteiger partial charge in [0.2, 0.25) is 5.91 Å². The number of hydrogen-bond donors (Lipinski definition) is 2. The van der Waals surface area contributed by atoms with Crippen LogP contribution < -0.4 is 5.32 Å². The zero-order valence-electron chi connectivity index (χ0n) is 15.2. The van der Waals surface area contributed by atoms with Crippen molar-refractivity contribution in [2.45, 2.75) is 18.2 Å². The number of nitrogens with one attached hydrogen (secondary N) is 2. The molecule has 0 bridgehead atoms. The van der Waals surface area contributed by atoms with Crippen LogP contribution in [0.2, 0.25) is 0 Å². The number of thiophene rings is 1. The molecule has 1 amide bonds. The number of nitrogens with zero attached hydrogens (tertiary/aromatic N) is 2. The maximum absolute atomic E-state index is 12.3. The van der Waals surface area contributed by atoms with E-state index in [1.165, 1.54) is 4.88 Å². The average molecular weight is 389 g/mol. The summed E-state index contributed by atoms with van der Waals surface area (Å²) in [6.07, 6.45) is 0. The van der Waals surface area contributed by atoms with Crippen LogP contribution >= 0.6 is 23.1 Å². The van der Waals surface area contributed by atoms with E-state index in [2.05, 4.69) is 38.6 Å².